The van der Waals surface area contributed by atoms with Gasteiger partial charge in [-0.25, -0.2) is 4.79 Å². The summed E-state index contributed by atoms with van der Waals surface area (Å²) in [6, 6.07) is 19.7. The second kappa shape index (κ2) is 8.99. The Labute approximate surface area is 200 Å². The van der Waals surface area contributed by atoms with Crippen molar-refractivity contribution in [2.75, 3.05) is 18.5 Å². The number of hydrogen-bond acceptors (Lipinski definition) is 6. The zero-order valence-electron chi connectivity index (χ0n) is 18.2. The highest BCUT2D eigenvalue weighted by molar-refractivity contribution is 7.80. The molecule has 5 rings (SSSR count). The molecule has 0 spiro atoms. The van der Waals surface area contributed by atoms with E-state index in [4.69, 9.17) is 26.1 Å². The van der Waals surface area contributed by atoms with E-state index in [1.54, 1.807) is 30.3 Å². The average Bonchev–Trinajstić information content (AvgIpc) is 2.83. The van der Waals surface area contributed by atoms with E-state index < -0.39 is 5.63 Å². The van der Waals surface area contributed by atoms with Gasteiger partial charge in [0.25, 0.3) is 5.91 Å². The lowest BCUT2D eigenvalue weighted by atomic mass is 10.0. The molecule has 1 aliphatic rings. The Bertz CT molecular complexity index is 1490. The summed E-state index contributed by atoms with van der Waals surface area (Å²) in [6.07, 6.45) is 0. The molecular weight excluding hydrogens is 452 g/mol. The second-order valence-corrected chi connectivity index (χ2v) is 8.19. The number of amides is 1. The molecule has 3 aromatic carbocycles. The summed E-state index contributed by atoms with van der Waals surface area (Å²) < 4.78 is 16.5. The summed E-state index contributed by atoms with van der Waals surface area (Å²) in [4.78, 5) is 25.1. The van der Waals surface area contributed by atoms with Crippen molar-refractivity contribution < 1.29 is 18.7 Å². The summed E-state index contributed by atoms with van der Waals surface area (Å²) in [6.45, 7) is 2.82. The molecule has 1 aromatic heterocycles. The summed E-state index contributed by atoms with van der Waals surface area (Å²) in [5, 5.41) is 6.68. The minimum Gasteiger partial charge on any atom is -0.486 e. The predicted octanol–water partition coefficient (Wildman–Crippen LogP) is 4.67. The number of ether oxygens (including phenoxy) is 2. The number of anilines is 1. The van der Waals surface area contributed by atoms with Crippen LogP contribution in [0.1, 0.15) is 15.9 Å². The fourth-order valence-corrected chi connectivity index (χ4v) is 4.03. The molecule has 1 aliphatic heterocycles. The monoisotopic (exact) mass is 472 g/mol. The minimum absolute atomic E-state index is 0.150. The lowest BCUT2D eigenvalue weighted by molar-refractivity contribution is 0.0976. The Hall–Kier alpha value is -4.17. The van der Waals surface area contributed by atoms with Crippen LogP contribution in [0, 0.1) is 6.92 Å². The molecule has 0 radical (unpaired) electrons. The molecule has 1 amide bonds. The maximum atomic E-state index is 12.6. The zero-order chi connectivity index (χ0) is 23.7. The number of carbonyl (C=O) groups is 1. The number of nitrogens with one attached hydrogen (secondary N) is 2. The Morgan fingerprint density at radius 1 is 0.912 bits per heavy atom. The van der Waals surface area contributed by atoms with Crippen molar-refractivity contribution in [2.45, 2.75) is 6.92 Å². The van der Waals surface area contributed by atoms with Gasteiger partial charge in [0.05, 0.1) is 5.56 Å². The number of fused-ring (bicyclic) bond motifs is 2. The van der Waals surface area contributed by atoms with Crippen molar-refractivity contribution in [3.05, 3.63) is 88.3 Å². The topological polar surface area (TPSA) is 89.8 Å². The Morgan fingerprint density at radius 3 is 2.53 bits per heavy atom. The van der Waals surface area contributed by atoms with Crippen molar-refractivity contribution in [3.8, 4) is 22.6 Å². The number of thiocarbonyl (C=S) groups is 1. The van der Waals surface area contributed by atoms with E-state index in [-0.39, 0.29) is 11.0 Å². The molecule has 0 saturated heterocycles. The van der Waals surface area contributed by atoms with Crippen LogP contribution in [-0.4, -0.2) is 24.2 Å². The maximum Gasteiger partial charge on any atom is 0.344 e. The van der Waals surface area contributed by atoms with E-state index in [0.717, 1.165) is 16.5 Å². The van der Waals surface area contributed by atoms with Gasteiger partial charge < -0.3 is 19.2 Å². The molecule has 34 heavy (non-hydrogen) atoms. The third-order valence-electron chi connectivity index (χ3n) is 5.45. The quantitative estimate of drug-likeness (QED) is 0.331. The van der Waals surface area contributed by atoms with Gasteiger partial charge in [-0.05, 0) is 72.7 Å². The number of para-hydroxylation sites is 1. The van der Waals surface area contributed by atoms with Gasteiger partial charge in [0, 0.05) is 16.6 Å². The molecule has 2 N–H and O–H groups in total. The predicted molar refractivity (Wildman–Crippen MR) is 134 cm³/mol. The third-order valence-corrected chi connectivity index (χ3v) is 5.65. The first kappa shape index (κ1) is 21.7. The van der Waals surface area contributed by atoms with Crippen LogP contribution in [-0.2, 0) is 0 Å². The zero-order valence-corrected chi connectivity index (χ0v) is 19.0. The molecule has 4 aromatic rings. The van der Waals surface area contributed by atoms with E-state index in [1.165, 1.54) is 0 Å². The first-order valence-electron chi connectivity index (χ1n) is 10.6. The van der Waals surface area contributed by atoms with Crippen LogP contribution in [0.25, 0.3) is 22.1 Å². The Kier molecular flexibility index (Phi) is 5.73. The number of benzene rings is 3. The molecule has 170 valence electrons. The van der Waals surface area contributed by atoms with E-state index in [1.807, 2.05) is 43.3 Å². The molecule has 7 nitrogen and oxygen atoms in total. The van der Waals surface area contributed by atoms with Gasteiger partial charge in [-0.1, -0.05) is 24.3 Å². The summed E-state index contributed by atoms with van der Waals surface area (Å²) >= 11 is 5.31. The van der Waals surface area contributed by atoms with Gasteiger partial charge in [-0.3, -0.25) is 10.1 Å². The summed E-state index contributed by atoms with van der Waals surface area (Å²) in [5.41, 5.74) is 3.33. The Morgan fingerprint density at radius 2 is 1.71 bits per heavy atom. The van der Waals surface area contributed by atoms with Crippen LogP contribution in [0.2, 0.25) is 0 Å². The van der Waals surface area contributed by atoms with Crippen molar-refractivity contribution in [3.63, 3.8) is 0 Å². The smallest absolute Gasteiger partial charge is 0.344 e. The normalized spacial score (nSPS) is 12.3. The first-order chi connectivity index (χ1) is 16.5. The fourth-order valence-electron chi connectivity index (χ4n) is 3.82. The molecule has 0 aliphatic carbocycles. The van der Waals surface area contributed by atoms with Crippen LogP contribution in [0.15, 0.2) is 75.9 Å². The molecule has 0 bridgehead atoms. The van der Waals surface area contributed by atoms with Gasteiger partial charge in [0.15, 0.2) is 16.6 Å². The van der Waals surface area contributed by atoms with Crippen LogP contribution >= 0.6 is 12.2 Å². The lowest BCUT2D eigenvalue weighted by Gasteiger charge is -2.18. The number of rotatable bonds is 3. The molecule has 0 saturated carbocycles. The van der Waals surface area contributed by atoms with Gasteiger partial charge in [-0.2, -0.15) is 0 Å². The Balaban J connectivity index is 1.30. The lowest BCUT2D eigenvalue weighted by Crippen LogP contribution is -2.34. The maximum absolute atomic E-state index is 12.6. The summed E-state index contributed by atoms with van der Waals surface area (Å²) in [5.74, 6) is 0.776. The highest BCUT2D eigenvalue weighted by Crippen LogP contribution is 2.31. The van der Waals surface area contributed by atoms with Crippen molar-refractivity contribution in [1.82, 2.24) is 5.32 Å². The summed E-state index contributed by atoms with van der Waals surface area (Å²) in [7, 11) is 0. The minimum atomic E-state index is -0.398. The van der Waals surface area contributed by atoms with Crippen LogP contribution in [0.4, 0.5) is 5.69 Å². The molecule has 0 unspecified atom stereocenters. The molecular formula is C26H20N2O5S. The van der Waals surface area contributed by atoms with Gasteiger partial charge in [0.2, 0.25) is 0 Å². The van der Waals surface area contributed by atoms with Crippen molar-refractivity contribution in [2.24, 2.45) is 0 Å². The standard InChI is InChI=1S/C26H20N2O5S/c1-15-12-18(7-8-19(15)20-13-16-4-2-3-5-21(16)33-25(20)30)27-26(34)28-24(29)17-6-9-22-23(14-17)32-11-10-31-22/h2-9,12-14H,10-11H2,1H3,(H2,27,28,29,34). The van der Waals surface area contributed by atoms with E-state index >= 15 is 0 Å². The number of aryl methyl sites for hydroxylation is 1. The van der Waals surface area contributed by atoms with Crippen LogP contribution < -0.4 is 25.7 Å². The average molecular weight is 473 g/mol. The highest BCUT2D eigenvalue weighted by atomic mass is 32.1. The van der Waals surface area contributed by atoms with Gasteiger partial charge in [-0.15, -0.1) is 0 Å². The fraction of sp³-hybridized carbons (Fsp3) is 0.115. The van der Waals surface area contributed by atoms with E-state index in [9.17, 15) is 9.59 Å². The van der Waals surface area contributed by atoms with Crippen molar-refractivity contribution >= 4 is 39.9 Å². The molecule has 2 heterocycles. The van der Waals surface area contributed by atoms with Crippen molar-refractivity contribution in [1.29, 1.82) is 0 Å². The van der Waals surface area contributed by atoms with Crippen LogP contribution in [0.3, 0.4) is 0 Å². The van der Waals surface area contributed by atoms with Gasteiger partial charge >= 0.3 is 5.63 Å². The van der Waals surface area contributed by atoms with E-state index in [0.29, 0.717) is 47.1 Å². The van der Waals surface area contributed by atoms with Crippen LogP contribution in [0.5, 0.6) is 11.5 Å². The largest absolute Gasteiger partial charge is 0.486 e. The number of carbonyl (C=O) groups excluding carboxylic acids is 1. The second-order valence-electron chi connectivity index (χ2n) is 7.78. The molecule has 0 fully saturated rings. The highest BCUT2D eigenvalue weighted by Gasteiger charge is 2.16. The SMILES string of the molecule is Cc1cc(NC(=S)NC(=O)c2ccc3c(c2)OCCO3)ccc1-c1cc2ccccc2oc1=O. The molecule has 0 atom stereocenters. The third kappa shape index (κ3) is 4.35. The first-order valence-corrected chi connectivity index (χ1v) is 11.0. The molecule has 8 heteroatoms. The number of hydrogen-bond donors (Lipinski definition) is 2. The van der Waals surface area contributed by atoms with Gasteiger partial charge in [0.1, 0.15) is 18.8 Å². The van der Waals surface area contributed by atoms with E-state index in [2.05, 4.69) is 10.6 Å².